The molecule has 0 radical (unpaired) electrons. The summed E-state index contributed by atoms with van der Waals surface area (Å²) >= 11 is 0. The summed E-state index contributed by atoms with van der Waals surface area (Å²) in [6.07, 6.45) is 1.49. The molecule has 1 fully saturated rings. The molecule has 1 amide bonds. The molecule has 146 valence electrons. The number of carbonyl (C=O) groups is 1. The Hall–Kier alpha value is -2.93. The number of ether oxygens (including phenoxy) is 1. The van der Waals surface area contributed by atoms with Gasteiger partial charge in [0.25, 0.3) is 0 Å². The molecule has 0 aliphatic carbocycles. The summed E-state index contributed by atoms with van der Waals surface area (Å²) in [6.45, 7) is 3.04. The van der Waals surface area contributed by atoms with Crippen molar-refractivity contribution in [2.75, 3.05) is 33.3 Å². The second kappa shape index (κ2) is 8.39. The number of carbonyl (C=O) groups excluding carboxylic acids is 1. The molecule has 0 saturated carbocycles. The second-order valence-electron chi connectivity index (χ2n) is 7.06. The molecule has 7 heteroatoms. The maximum absolute atomic E-state index is 11.8. The highest BCUT2D eigenvalue weighted by Crippen LogP contribution is 2.25. The van der Waals surface area contributed by atoms with E-state index in [0.29, 0.717) is 37.8 Å². The number of piperazine rings is 1. The smallest absolute Gasteiger partial charge is 0.240 e. The fraction of sp³-hybridized carbons (Fsp3) is 0.381. The molecule has 0 unspecified atom stereocenters. The van der Waals surface area contributed by atoms with E-state index >= 15 is 0 Å². The van der Waals surface area contributed by atoms with Gasteiger partial charge < -0.3 is 14.2 Å². The summed E-state index contributed by atoms with van der Waals surface area (Å²) in [5.41, 5.74) is 0. The predicted molar refractivity (Wildman–Crippen MR) is 105 cm³/mol. The zero-order chi connectivity index (χ0) is 19.3. The topological polar surface area (TPSA) is 71.7 Å². The number of nitrogens with zero attached hydrogens (tertiary/aromatic N) is 4. The van der Waals surface area contributed by atoms with Gasteiger partial charge in [0.15, 0.2) is 5.82 Å². The lowest BCUT2D eigenvalue weighted by Gasteiger charge is -2.30. The molecule has 7 nitrogen and oxygen atoms in total. The normalized spacial score (nSPS) is 15.3. The molecule has 0 bridgehead atoms. The van der Waals surface area contributed by atoms with E-state index in [9.17, 15) is 4.79 Å². The van der Waals surface area contributed by atoms with Gasteiger partial charge in [-0.1, -0.05) is 41.6 Å². The van der Waals surface area contributed by atoms with Crippen LogP contribution in [0.2, 0.25) is 0 Å². The first-order valence-electron chi connectivity index (χ1n) is 9.57. The number of fused-ring (bicyclic) bond motifs is 1. The zero-order valence-corrected chi connectivity index (χ0v) is 16.0. The average Bonchev–Trinajstić information content (AvgIpc) is 3.15. The Kier molecular flexibility index (Phi) is 5.53. The molecule has 0 spiro atoms. The first-order chi connectivity index (χ1) is 13.7. The standard InChI is InChI=1S/C21H24N4O3/c1-24-11-12-25(15-21(24)26)14-20-22-19(23-28-20)10-5-13-27-18-9-4-7-16-6-2-3-8-17(16)18/h2-4,6-9H,5,10-15H2,1H3. The molecule has 1 aromatic heterocycles. The molecule has 1 aliphatic heterocycles. The SMILES string of the molecule is CN1CCN(Cc2nc(CCCOc3cccc4ccccc34)no2)CC1=O. The fourth-order valence-electron chi connectivity index (χ4n) is 3.32. The van der Waals surface area contributed by atoms with Crippen LogP contribution in [0.15, 0.2) is 47.0 Å². The Labute approximate surface area is 163 Å². The minimum Gasteiger partial charge on any atom is -0.493 e. The summed E-state index contributed by atoms with van der Waals surface area (Å²) in [4.78, 5) is 20.0. The van der Waals surface area contributed by atoms with Crippen LogP contribution in [0.25, 0.3) is 10.8 Å². The highest BCUT2D eigenvalue weighted by Gasteiger charge is 2.22. The Morgan fingerprint density at radius 1 is 1.14 bits per heavy atom. The molecule has 0 N–H and O–H groups in total. The van der Waals surface area contributed by atoms with E-state index in [4.69, 9.17) is 9.26 Å². The van der Waals surface area contributed by atoms with Crippen molar-refractivity contribution >= 4 is 16.7 Å². The third-order valence-electron chi connectivity index (χ3n) is 4.96. The van der Waals surface area contributed by atoms with E-state index in [1.165, 1.54) is 5.39 Å². The van der Waals surface area contributed by atoms with Gasteiger partial charge in [0.1, 0.15) is 5.75 Å². The van der Waals surface area contributed by atoms with Crippen LogP contribution in [-0.4, -0.2) is 59.1 Å². The number of hydrogen-bond acceptors (Lipinski definition) is 6. The van der Waals surface area contributed by atoms with Crippen molar-refractivity contribution in [3.8, 4) is 5.75 Å². The lowest BCUT2D eigenvalue weighted by molar-refractivity contribution is -0.134. The minimum absolute atomic E-state index is 0.122. The Balaban J connectivity index is 1.25. The third kappa shape index (κ3) is 4.31. The van der Waals surface area contributed by atoms with Gasteiger partial charge >= 0.3 is 0 Å². The van der Waals surface area contributed by atoms with Gasteiger partial charge in [0.2, 0.25) is 11.8 Å². The number of aryl methyl sites for hydroxylation is 1. The first kappa shape index (κ1) is 18.4. The molecule has 2 aromatic carbocycles. The van der Waals surface area contributed by atoms with Crippen LogP contribution >= 0.6 is 0 Å². The van der Waals surface area contributed by atoms with Crippen LogP contribution in [0.4, 0.5) is 0 Å². The van der Waals surface area contributed by atoms with E-state index < -0.39 is 0 Å². The zero-order valence-electron chi connectivity index (χ0n) is 16.0. The largest absolute Gasteiger partial charge is 0.493 e. The maximum Gasteiger partial charge on any atom is 0.240 e. The van der Waals surface area contributed by atoms with Crippen LogP contribution in [0.3, 0.4) is 0 Å². The van der Waals surface area contributed by atoms with E-state index in [1.807, 2.05) is 36.2 Å². The summed E-state index contributed by atoms with van der Waals surface area (Å²) in [7, 11) is 1.82. The first-order valence-corrected chi connectivity index (χ1v) is 9.57. The van der Waals surface area contributed by atoms with Gasteiger partial charge in [-0.25, -0.2) is 0 Å². The van der Waals surface area contributed by atoms with Crippen LogP contribution in [0.1, 0.15) is 18.1 Å². The van der Waals surface area contributed by atoms with Crippen molar-refractivity contribution in [1.29, 1.82) is 0 Å². The van der Waals surface area contributed by atoms with Gasteiger partial charge in [-0.3, -0.25) is 9.69 Å². The molecule has 4 rings (SSSR count). The lowest BCUT2D eigenvalue weighted by Crippen LogP contribution is -2.48. The van der Waals surface area contributed by atoms with Crippen molar-refractivity contribution in [2.45, 2.75) is 19.4 Å². The van der Waals surface area contributed by atoms with E-state index in [-0.39, 0.29) is 5.91 Å². The van der Waals surface area contributed by atoms with Crippen LogP contribution in [0.5, 0.6) is 5.75 Å². The summed E-state index contributed by atoms with van der Waals surface area (Å²) in [5, 5.41) is 6.34. The van der Waals surface area contributed by atoms with Crippen LogP contribution in [-0.2, 0) is 17.8 Å². The average molecular weight is 380 g/mol. The van der Waals surface area contributed by atoms with Crippen molar-refractivity contribution in [3.05, 3.63) is 54.2 Å². The van der Waals surface area contributed by atoms with Crippen LogP contribution < -0.4 is 4.74 Å². The second-order valence-corrected chi connectivity index (χ2v) is 7.06. The Morgan fingerprint density at radius 3 is 2.89 bits per heavy atom. The van der Waals surface area contributed by atoms with Gasteiger partial charge in [-0.2, -0.15) is 4.98 Å². The number of likely N-dealkylation sites (N-methyl/N-ethyl adjacent to an activating group) is 1. The molecular formula is C21H24N4O3. The van der Waals surface area contributed by atoms with Crippen molar-refractivity contribution in [1.82, 2.24) is 19.9 Å². The Morgan fingerprint density at radius 2 is 2.00 bits per heavy atom. The summed E-state index contributed by atoms with van der Waals surface area (Å²) < 4.78 is 11.3. The van der Waals surface area contributed by atoms with Gasteiger partial charge in [-0.15, -0.1) is 0 Å². The number of rotatable bonds is 7. The lowest BCUT2D eigenvalue weighted by atomic mass is 10.1. The molecule has 1 aliphatic rings. The molecule has 2 heterocycles. The van der Waals surface area contributed by atoms with E-state index in [1.54, 1.807) is 4.90 Å². The monoisotopic (exact) mass is 380 g/mol. The number of hydrogen-bond donors (Lipinski definition) is 0. The molecule has 1 saturated heterocycles. The molecule has 3 aromatic rings. The number of aromatic nitrogens is 2. The van der Waals surface area contributed by atoms with Gasteiger partial charge in [0.05, 0.1) is 19.7 Å². The fourth-order valence-corrected chi connectivity index (χ4v) is 3.32. The maximum atomic E-state index is 11.8. The predicted octanol–water partition coefficient (Wildman–Crippen LogP) is 2.51. The summed E-state index contributed by atoms with van der Waals surface area (Å²) in [6, 6.07) is 14.3. The highest BCUT2D eigenvalue weighted by atomic mass is 16.5. The summed E-state index contributed by atoms with van der Waals surface area (Å²) in [5.74, 6) is 2.25. The molecule has 0 atom stereocenters. The van der Waals surface area contributed by atoms with Gasteiger partial charge in [0, 0.05) is 31.9 Å². The van der Waals surface area contributed by atoms with Crippen LogP contribution in [0, 0.1) is 0 Å². The molecular weight excluding hydrogens is 356 g/mol. The van der Waals surface area contributed by atoms with Crippen molar-refractivity contribution < 1.29 is 14.1 Å². The third-order valence-corrected chi connectivity index (χ3v) is 4.96. The Bertz CT molecular complexity index is 950. The van der Waals surface area contributed by atoms with Crippen molar-refractivity contribution in [3.63, 3.8) is 0 Å². The highest BCUT2D eigenvalue weighted by molar-refractivity contribution is 5.88. The quantitative estimate of drug-likeness (QED) is 0.587. The van der Waals surface area contributed by atoms with Gasteiger partial charge in [-0.05, 0) is 17.9 Å². The van der Waals surface area contributed by atoms with E-state index in [0.717, 1.165) is 30.6 Å². The molecule has 28 heavy (non-hydrogen) atoms. The number of benzene rings is 2. The van der Waals surface area contributed by atoms with Crippen molar-refractivity contribution in [2.24, 2.45) is 0 Å². The van der Waals surface area contributed by atoms with E-state index in [2.05, 4.69) is 28.3 Å². The number of amides is 1. The minimum atomic E-state index is 0.122.